The van der Waals surface area contributed by atoms with Gasteiger partial charge >= 0.3 is 0 Å². The van der Waals surface area contributed by atoms with Crippen molar-refractivity contribution in [2.45, 2.75) is 0 Å². The van der Waals surface area contributed by atoms with Crippen LogP contribution in [0.1, 0.15) is 15.9 Å². The predicted octanol–water partition coefficient (Wildman–Crippen LogP) is 1.45. The lowest BCUT2D eigenvalue weighted by Gasteiger charge is -2.13. The quantitative estimate of drug-likeness (QED) is 0.569. The van der Waals surface area contributed by atoms with Crippen LogP contribution in [0.4, 0.5) is 0 Å². The first kappa shape index (κ1) is 10.6. The van der Waals surface area contributed by atoms with E-state index in [0.717, 1.165) is 0 Å². The number of rotatable bonds is 3. The Labute approximate surface area is 92.5 Å². The molecule has 0 bridgehead atoms. The molecule has 0 saturated carbocycles. The van der Waals surface area contributed by atoms with Gasteiger partial charge in [-0.05, 0) is 18.2 Å². The van der Waals surface area contributed by atoms with Crippen molar-refractivity contribution in [3.8, 4) is 5.75 Å². The van der Waals surface area contributed by atoms with Crippen molar-refractivity contribution in [3.63, 3.8) is 0 Å². The van der Waals surface area contributed by atoms with Crippen LogP contribution in [0.2, 0.25) is 0 Å². The van der Waals surface area contributed by atoms with E-state index in [2.05, 4.69) is 0 Å². The van der Waals surface area contributed by atoms with Gasteiger partial charge in [-0.2, -0.15) is 0 Å². The van der Waals surface area contributed by atoms with E-state index < -0.39 is 11.6 Å². The van der Waals surface area contributed by atoms with Crippen LogP contribution in [0.25, 0.3) is 6.08 Å². The number of carbonyl (C=O) groups excluding carboxylic acids is 2. The normalized spacial score (nSPS) is 13.8. The summed E-state index contributed by atoms with van der Waals surface area (Å²) in [4.78, 5) is 22.7. The molecule has 4 nitrogen and oxygen atoms in total. The minimum atomic E-state index is -0.503. The maximum Gasteiger partial charge on any atom is 0.233 e. The standard InChI is InChI=1S/C12H10O4/c1-15-7-16-11-4-2-3-9-8(11)5-6-10(13)12(9)14/h2-6H,7H2,1H3. The summed E-state index contributed by atoms with van der Waals surface area (Å²) in [5.41, 5.74) is 1.00. The van der Waals surface area contributed by atoms with E-state index in [4.69, 9.17) is 9.47 Å². The molecular weight excluding hydrogens is 208 g/mol. The fraction of sp³-hybridized carbons (Fsp3) is 0.167. The Balaban J connectivity index is 2.43. The van der Waals surface area contributed by atoms with Crippen LogP contribution in [-0.4, -0.2) is 25.5 Å². The molecule has 1 aromatic carbocycles. The van der Waals surface area contributed by atoms with Gasteiger partial charge < -0.3 is 9.47 Å². The van der Waals surface area contributed by atoms with Crippen molar-refractivity contribution in [2.75, 3.05) is 13.9 Å². The summed E-state index contributed by atoms with van der Waals surface area (Å²) in [6.07, 6.45) is 2.84. The van der Waals surface area contributed by atoms with Crippen molar-refractivity contribution in [2.24, 2.45) is 0 Å². The number of Topliss-reactive ketones (excluding diaryl/α,β-unsaturated/α-hetero) is 1. The molecule has 0 spiro atoms. The number of benzene rings is 1. The number of carbonyl (C=O) groups is 2. The molecule has 1 aliphatic carbocycles. The maximum absolute atomic E-state index is 11.6. The average molecular weight is 218 g/mol. The van der Waals surface area contributed by atoms with E-state index in [9.17, 15) is 9.59 Å². The zero-order valence-electron chi connectivity index (χ0n) is 8.73. The molecule has 0 N–H and O–H groups in total. The molecular formula is C12H10O4. The number of hydrogen-bond donors (Lipinski definition) is 0. The summed E-state index contributed by atoms with van der Waals surface area (Å²) in [7, 11) is 1.51. The molecule has 16 heavy (non-hydrogen) atoms. The van der Waals surface area contributed by atoms with Gasteiger partial charge in [-0.3, -0.25) is 9.59 Å². The highest BCUT2D eigenvalue weighted by Crippen LogP contribution is 2.27. The molecule has 0 fully saturated rings. The minimum absolute atomic E-state index is 0.104. The van der Waals surface area contributed by atoms with Gasteiger partial charge in [0.1, 0.15) is 5.75 Å². The Hall–Kier alpha value is -1.94. The summed E-state index contributed by atoms with van der Waals surface area (Å²) in [5.74, 6) is -0.465. The first-order chi connectivity index (χ1) is 7.74. The van der Waals surface area contributed by atoms with Gasteiger partial charge in [-0.1, -0.05) is 12.1 Å². The van der Waals surface area contributed by atoms with Crippen LogP contribution in [0, 0.1) is 0 Å². The van der Waals surface area contributed by atoms with Gasteiger partial charge in [0.25, 0.3) is 0 Å². The van der Waals surface area contributed by atoms with Crippen LogP contribution in [-0.2, 0) is 9.53 Å². The summed E-state index contributed by atoms with van der Waals surface area (Å²) in [6, 6.07) is 5.01. The van der Waals surface area contributed by atoms with E-state index in [0.29, 0.717) is 16.9 Å². The Morgan fingerprint density at radius 2 is 2.00 bits per heavy atom. The topological polar surface area (TPSA) is 52.6 Å². The maximum atomic E-state index is 11.6. The SMILES string of the molecule is COCOc1cccc2c1C=CC(=O)C2=O. The number of fused-ring (bicyclic) bond motifs is 1. The molecule has 1 aliphatic rings. The zero-order valence-corrected chi connectivity index (χ0v) is 8.73. The molecule has 4 heteroatoms. The average Bonchev–Trinajstić information content (AvgIpc) is 2.31. The highest BCUT2D eigenvalue weighted by molar-refractivity contribution is 6.50. The van der Waals surface area contributed by atoms with E-state index in [1.165, 1.54) is 13.2 Å². The third-order valence-corrected chi connectivity index (χ3v) is 2.27. The Morgan fingerprint density at radius 3 is 2.75 bits per heavy atom. The Kier molecular flexibility index (Phi) is 2.83. The van der Waals surface area contributed by atoms with Crippen molar-refractivity contribution in [3.05, 3.63) is 35.4 Å². The highest BCUT2D eigenvalue weighted by atomic mass is 16.7. The fourth-order valence-corrected chi connectivity index (χ4v) is 1.53. The predicted molar refractivity (Wildman–Crippen MR) is 57.3 cm³/mol. The van der Waals surface area contributed by atoms with Crippen molar-refractivity contribution in [1.82, 2.24) is 0 Å². The second-order valence-electron chi connectivity index (χ2n) is 3.29. The highest BCUT2D eigenvalue weighted by Gasteiger charge is 2.22. The molecule has 0 atom stereocenters. The first-order valence-electron chi connectivity index (χ1n) is 4.75. The Bertz CT molecular complexity index is 474. The van der Waals surface area contributed by atoms with Gasteiger partial charge in [-0.15, -0.1) is 0 Å². The second kappa shape index (κ2) is 4.28. The lowest BCUT2D eigenvalue weighted by atomic mass is 9.95. The monoisotopic (exact) mass is 218 g/mol. The molecule has 0 unspecified atom stereocenters. The summed E-state index contributed by atoms with van der Waals surface area (Å²) >= 11 is 0. The third kappa shape index (κ3) is 1.75. The van der Waals surface area contributed by atoms with Crippen LogP contribution >= 0.6 is 0 Å². The number of allylic oxidation sites excluding steroid dienone is 1. The zero-order chi connectivity index (χ0) is 11.5. The molecule has 1 aromatic rings. The first-order valence-corrected chi connectivity index (χ1v) is 4.75. The molecule has 0 radical (unpaired) electrons. The molecule has 0 aliphatic heterocycles. The number of hydrogen-bond acceptors (Lipinski definition) is 4. The number of methoxy groups -OCH3 is 1. The second-order valence-corrected chi connectivity index (χ2v) is 3.29. The number of ketones is 2. The molecule has 0 amide bonds. The largest absolute Gasteiger partial charge is 0.467 e. The molecule has 2 rings (SSSR count). The van der Waals surface area contributed by atoms with Crippen LogP contribution < -0.4 is 4.74 Å². The van der Waals surface area contributed by atoms with Gasteiger partial charge in [-0.25, -0.2) is 0 Å². The van der Waals surface area contributed by atoms with E-state index in [1.54, 1.807) is 24.3 Å². The lowest BCUT2D eigenvalue weighted by Crippen LogP contribution is -2.17. The van der Waals surface area contributed by atoms with Crippen molar-refractivity contribution >= 4 is 17.6 Å². The summed E-state index contributed by atoms with van der Waals surface area (Å²) in [5, 5.41) is 0. The van der Waals surface area contributed by atoms with Crippen LogP contribution in [0.15, 0.2) is 24.3 Å². The molecule has 82 valence electrons. The minimum Gasteiger partial charge on any atom is -0.467 e. The molecule has 0 heterocycles. The van der Waals surface area contributed by atoms with Gasteiger partial charge in [0.2, 0.25) is 11.6 Å². The van der Waals surface area contributed by atoms with Crippen LogP contribution in [0.5, 0.6) is 5.75 Å². The van der Waals surface area contributed by atoms with Crippen LogP contribution in [0.3, 0.4) is 0 Å². The molecule has 0 aromatic heterocycles. The fourth-order valence-electron chi connectivity index (χ4n) is 1.53. The van der Waals surface area contributed by atoms with Crippen molar-refractivity contribution < 1.29 is 19.1 Å². The van der Waals surface area contributed by atoms with E-state index in [1.807, 2.05) is 0 Å². The van der Waals surface area contributed by atoms with E-state index >= 15 is 0 Å². The van der Waals surface area contributed by atoms with Gasteiger partial charge in [0.05, 0.1) is 0 Å². The molecule has 0 saturated heterocycles. The van der Waals surface area contributed by atoms with Crippen molar-refractivity contribution in [1.29, 1.82) is 0 Å². The lowest BCUT2D eigenvalue weighted by molar-refractivity contribution is -0.110. The summed E-state index contributed by atoms with van der Waals surface area (Å²) in [6.45, 7) is 0.104. The smallest absolute Gasteiger partial charge is 0.233 e. The van der Waals surface area contributed by atoms with Gasteiger partial charge in [0, 0.05) is 18.2 Å². The van der Waals surface area contributed by atoms with E-state index in [-0.39, 0.29) is 6.79 Å². The third-order valence-electron chi connectivity index (χ3n) is 2.27. The van der Waals surface area contributed by atoms with Gasteiger partial charge in [0.15, 0.2) is 6.79 Å². The summed E-state index contributed by atoms with van der Waals surface area (Å²) < 4.78 is 10.1. The number of ether oxygens (including phenoxy) is 2. The Morgan fingerprint density at radius 1 is 1.19 bits per heavy atom.